The molecule has 28 heavy (non-hydrogen) atoms. The highest BCUT2D eigenvalue weighted by Crippen LogP contribution is 2.63. The molecule has 6 heteroatoms. The molecule has 2 aliphatic heterocycles. The van der Waals surface area contributed by atoms with Gasteiger partial charge >= 0.3 is 0 Å². The Morgan fingerprint density at radius 3 is 2.21 bits per heavy atom. The van der Waals surface area contributed by atoms with E-state index in [4.69, 9.17) is 28.4 Å². The van der Waals surface area contributed by atoms with Crippen LogP contribution < -0.4 is 18.9 Å². The van der Waals surface area contributed by atoms with Crippen molar-refractivity contribution in [2.45, 2.75) is 11.7 Å². The first-order valence-electron chi connectivity index (χ1n) is 9.42. The lowest BCUT2D eigenvalue weighted by Crippen LogP contribution is -2.39. The van der Waals surface area contributed by atoms with Gasteiger partial charge in [-0.3, -0.25) is 0 Å². The minimum absolute atomic E-state index is 0.0237. The summed E-state index contributed by atoms with van der Waals surface area (Å²) in [6.07, 6.45) is 0.0237. The van der Waals surface area contributed by atoms with Crippen molar-refractivity contribution in [2.24, 2.45) is 11.8 Å². The van der Waals surface area contributed by atoms with E-state index in [1.807, 2.05) is 24.3 Å². The third-order valence-electron chi connectivity index (χ3n) is 6.46. The van der Waals surface area contributed by atoms with E-state index in [1.54, 1.807) is 28.4 Å². The lowest BCUT2D eigenvalue weighted by Gasteiger charge is -2.39. The van der Waals surface area contributed by atoms with E-state index in [-0.39, 0.29) is 12.0 Å². The number of benzene rings is 2. The van der Waals surface area contributed by atoms with Crippen molar-refractivity contribution in [2.75, 3.05) is 41.7 Å². The SMILES string of the molecule is COc1ccc([C@@]23OC[C@H]4[C@H](OC[C@H]42)c2cc(OC)c(OC)cc23)cc1OC. The minimum atomic E-state index is -0.605. The van der Waals surface area contributed by atoms with Crippen LogP contribution in [0.5, 0.6) is 23.0 Å². The molecule has 0 saturated carbocycles. The van der Waals surface area contributed by atoms with Crippen LogP contribution in [-0.2, 0) is 15.1 Å². The maximum absolute atomic E-state index is 6.58. The monoisotopic (exact) mass is 384 g/mol. The van der Waals surface area contributed by atoms with Crippen molar-refractivity contribution in [3.05, 3.63) is 47.0 Å². The fourth-order valence-corrected chi connectivity index (χ4v) is 5.19. The second-order valence-electron chi connectivity index (χ2n) is 7.44. The molecule has 0 radical (unpaired) electrons. The Hall–Kier alpha value is -2.44. The molecule has 2 aromatic carbocycles. The maximum atomic E-state index is 6.58. The Kier molecular flexibility index (Phi) is 3.96. The lowest BCUT2D eigenvalue weighted by atomic mass is 9.66. The van der Waals surface area contributed by atoms with Gasteiger partial charge in [-0.1, -0.05) is 6.07 Å². The molecule has 0 amide bonds. The van der Waals surface area contributed by atoms with Crippen molar-refractivity contribution in [3.8, 4) is 23.0 Å². The number of methoxy groups -OCH3 is 4. The smallest absolute Gasteiger partial charge is 0.161 e. The largest absolute Gasteiger partial charge is 0.493 e. The Labute approximate surface area is 164 Å². The maximum Gasteiger partial charge on any atom is 0.161 e. The van der Waals surface area contributed by atoms with Gasteiger partial charge in [0.2, 0.25) is 0 Å². The van der Waals surface area contributed by atoms with Crippen LogP contribution >= 0.6 is 0 Å². The van der Waals surface area contributed by atoms with Crippen LogP contribution in [-0.4, -0.2) is 41.7 Å². The molecular weight excluding hydrogens is 360 g/mol. The van der Waals surface area contributed by atoms with E-state index < -0.39 is 5.60 Å². The lowest BCUT2D eigenvalue weighted by molar-refractivity contribution is -0.0130. The fraction of sp³-hybridized carbons (Fsp3) is 0.455. The van der Waals surface area contributed by atoms with Gasteiger partial charge in [0, 0.05) is 11.8 Å². The van der Waals surface area contributed by atoms with Gasteiger partial charge in [0.05, 0.1) is 47.8 Å². The van der Waals surface area contributed by atoms with Crippen LogP contribution in [0.15, 0.2) is 30.3 Å². The van der Waals surface area contributed by atoms with Crippen molar-refractivity contribution in [3.63, 3.8) is 0 Å². The molecule has 4 atom stereocenters. The number of ether oxygens (including phenoxy) is 6. The van der Waals surface area contributed by atoms with Gasteiger partial charge in [-0.05, 0) is 41.0 Å². The summed E-state index contributed by atoms with van der Waals surface area (Å²) in [5.41, 5.74) is 2.63. The Morgan fingerprint density at radius 2 is 1.50 bits per heavy atom. The average molecular weight is 384 g/mol. The molecule has 2 saturated heterocycles. The van der Waals surface area contributed by atoms with Crippen LogP contribution in [0.2, 0.25) is 0 Å². The first-order valence-corrected chi connectivity index (χ1v) is 9.42. The Bertz CT molecular complexity index is 925. The molecule has 2 fully saturated rings. The number of hydrogen-bond donors (Lipinski definition) is 0. The fourth-order valence-electron chi connectivity index (χ4n) is 5.19. The first-order chi connectivity index (χ1) is 13.7. The van der Waals surface area contributed by atoms with E-state index in [2.05, 4.69) is 6.07 Å². The van der Waals surface area contributed by atoms with Crippen LogP contribution in [0.25, 0.3) is 0 Å². The summed E-state index contributed by atoms with van der Waals surface area (Å²) in [5.74, 6) is 3.33. The summed E-state index contributed by atoms with van der Waals surface area (Å²) in [6, 6.07) is 10.1. The van der Waals surface area contributed by atoms with Crippen molar-refractivity contribution in [1.82, 2.24) is 0 Å². The molecule has 0 unspecified atom stereocenters. The molecular formula is C22H24O6. The molecule has 2 aromatic rings. The quantitative estimate of drug-likeness (QED) is 0.788. The summed E-state index contributed by atoms with van der Waals surface area (Å²) < 4.78 is 34.9. The molecule has 3 aliphatic rings. The summed E-state index contributed by atoms with van der Waals surface area (Å²) in [5, 5.41) is 0. The standard InChI is InChI=1S/C22H24O6/c1-23-17-6-5-12(7-18(17)24-2)22-15-9-20(26-4)19(25-3)8-13(15)21-14(10-28-22)16(22)11-27-21/h5-9,14,16,21H,10-11H2,1-4H3/t14-,16-,21-,22+/m1/s1. The van der Waals surface area contributed by atoms with Crippen LogP contribution in [0.3, 0.4) is 0 Å². The van der Waals surface area contributed by atoms with E-state index in [1.165, 1.54) is 0 Å². The predicted octanol–water partition coefficient (Wildman–Crippen LogP) is 3.31. The van der Waals surface area contributed by atoms with Crippen LogP contribution in [0.4, 0.5) is 0 Å². The second kappa shape index (κ2) is 6.29. The second-order valence-corrected chi connectivity index (χ2v) is 7.44. The minimum Gasteiger partial charge on any atom is -0.493 e. The molecule has 148 valence electrons. The third kappa shape index (κ3) is 2.10. The van der Waals surface area contributed by atoms with Crippen LogP contribution in [0, 0.1) is 11.8 Å². The average Bonchev–Trinajstić information content (AvgIpc) is 3.26. The molecule has 0 spiro atoms. The van der Waals surface area contributed by atoms with E-state index >= 15 is 0 Å². The van der Waals surface area contributed by atoms with Gasteiger partial charge in [-0.2, -0.15) is 0 Å². The van der Waals surface area contributed by atoms with Gasteiger partial charge in [-0.25, -0.2) is 0 Å². The zero-order chi connectivity index (χ0) is 19.5. The molecule has 5 rings (SSSR count). The Balaban J connectivity index is 1.76. The zero-order valence-electron chi connectivity index (χ0n) is 16.5. The number of fused-ring (bicyclic) bond motifs is 3. The molecule has 1 aliphatic carbocycles. The highest BCUT2D eigenvalue weighted by molar-refractivity contribution is 5.58. The van der Waals surface area contributed by atoms with Gasteiger partial charge in [-0.15, -0.1) is 0 Å². The van der Waals surface area contributed by atoms with Crippen molar-refractivity contribution in [1.29, 1.82) is 0 Å². The highest BCUT2D eigenvalue weighted by atomic mass is 16.5. The zero-order valence-corrected chi connectivity index (χ0v) is 16.5. The first kappa shape index (κ1) is 17.6. The van der Waals surface area contributed by atoms with Crippen LogP contribution in [0.1, 0.15) is 22.8 Å². The van der Waals surface area contributed by atoms with Gasteiger partial charge in [0.25, 0.3) is 0 Å². The van der Waals surface area contributed by atoms with E-state index in [0.717, 1.165) is 16.7 Å². The van der Waals surface area contributed by atoms with E-state index in [0.29, 0.717) is 42.1 Å². The summed E-state index contributed by atoms with van der Waals surface area (Å²) in [6.45, 7) is 1.31. The Morgan fingerprint density at radius 1 is 0.821 bits per heavy atom. The molecule has 6 nitrogen and oxygen atoms in total. The van der Waals surface area contributed by atoms with Gasteiger partial charge < -0.3 is 28.4 Å². The molecule has 4 bridgehead atoms. The summed E-state index contributed by atoms with van der Waals surface area (Å²) in [4.78, 5) is 0. The van der Waals surface area contributed by atoms with Gasteiger partial charge in [0.1, 0.15) is 5.60 Å². The summed E-state index contributed by atoms with van der Waals surface area (Å²) in [7, 11) is 6.59. The van der Waals surface area contributed by atoms with E-state index in [9.17, 15) is 0 Å². The molecule has 2 heterocycles. The molecule has 0 N–H and O–H groups in total. The predicted molar refractivity (Wildman–Crippen MR) is 101 cm³/mol. The van der Waals surface area contributed by atoms with Crippen molar-refractivity contribution >= 4 is 0 Å². The summed E-state index contributed by atoms with van der Waals surface area (Å²) >= 11 is 0. The number of rotatable bonds is 5. The third-order valence-corrected chi connectivity index (χ3v) is 6.46. The highest BCUT2D eigenvalue weighted by Gasteiger charge is 2.63. The van der Waals surface area contributed by atoms with Crippen molar-refractivity contribution < 1.29 is 28.4 Å². The number of hydrogen-bond acceptors (Lipinski definition) is 6. The topological polar surface area (TPSA) is 55.4 Å². The van der Waals surface area contributed by atoms with Gasteiger partial charge in [0.15, 0.2) is 23.0 Å². The molecule has 0 aromatic heterocycles. The normalized spacial score (nSPS) is 29.4.